The fraction of sp³-hybridized carbons (Fsp3) is 0.312. The Morgan fingerprint density at radius 1 is 1.29 bits per heavy atom. The van der Waals surface area contributed by atoms with Crippen molar-refractivity contribution < 1.29 is 0 Å². The Labute approximate surface area is 133 Å². The smallest absolute Gasteiger partial charge is 0.166 e. The summed E-state index contributed by atoms with van der Waals surface area (Å²) >= 11 is 3.54. The lowest BCUT2D eigenvalue weighted by Crippen LogP contribution is -2.19. The Morgan fingerprint density at radius 3 is 3.10 bits per heavy atom. The highest BCUT2D eigenvalue weighted by atomic mass is 32.2. The second-order valence-electron chi connectivity index (χ2n) is 5.04. The SMILES string of the molecule is Cc1ccc2nc(SCCNCCc3ccsc3)[nH]c2c1. The van der Waals surface area contributed by atoms with E-state index < -0.39 is 0 Å². The molecule has 5 heteroatoms. The lowest BCUT2D eigenvalue weighted by molar-refractivity contribution is 0.721. The minimum absolute atomic E-state index is 1.00. The first-order valence-corrected chi connectivity index (χ1v) is 9.05. The molecular weight excluding hydrogens is 298 g/mol. The number of benzene rings is 1. The van der Waals surface area contributed by atoms with Gasteiger partial charge in [-0.05, 0) is 60.0 Å². The maximum absolute atomic E-state index is 4.59. The summed E-state index contributed by atoms with van der Waals surface area (Å²) in [5.41, 5.74) is 4.86. The molecule has 0 aliphatic heterocycles. The van der Waals surface area contributed by atoms with Gasteiger partial charge in [0.05, 0.1) is 11.0 Å². The average Bonchev–Trinajstić information content (AvgIpc) is 3.11. The molecule has 0 fully saturated rings. The van der Waals surface area contributed by atoms with Crippen LogP contribution in [0.2, 0.25) is 0 Å². The van der Waals surface area contributed by atoms with Crippen molar-refractivity contribution in [3.05, 3.63) is 46.2 Å². The minimum atomic E-state index is 1.00. The quantitative estimate of drug-likeness (QED) is 0.513. The lowest BCUT2D eigenvalue weighted by Gasteiger charge is -2.02. The van der Waals surface area contributed by atoms with Gasteiger partial charge in [0.1, 0.15) is 0 Å². The molecule has 0 saturated heterocycles. The number of fused-ring (bicyclic) bond motifs is 1. The van der Waals surface area contributed by atoms with Crippen molar-refractivity contribution in [2.24, 2.45) is 0 Å². The van der Waals surface area contributed by atoms with Crippen molar-refractivity contribution in [1.82, 2.24) is 15.3 Å². The second-order valence-corrected chi connectivity index (χ2v) is 6.91. The van der Waals surface area contributed by atoms with Crippen LogP contribution in [0, 0.1) is 6.92 Å². The topological polar surface area (TPSA) is 40.7 Å². The molecule has 0 unspecified atom stereocenters. The number of nitrogens with zero attached hydrogens (tertiary/aromatic N) is 1. The normalized spacial score (nSPS) is 11.3. The average molecular weight is 317 g/mol. The number of aromatic nitrogens is 2. The van der Waals surface area contributed by atoms with Crippen molar-refractivity contribution in [2.45, 2.75) is 18.5 Å². The molecule has 0 aliphatic rings. The van der Waals surface area contributed by atoms with E-state index in [9.17, 15) is 0 Å². The van der Waals surface area contributed by atoms with Gasteiger partial charge in [-0.2, -0.15) is 11.3 Å². The predicted molar refractivity (Wildman–Crippen MR) is 92.4 cm³/mol. The molecular formula is C16H19N3S2. The number of hydrogen-bond acceptors (Lipinski definition) is 4. The molecule has 0 bridgehead atoms. The van der Waals surface area contributed by atoms with E-state index >= 15 is 0 Å². The summed E-state index contributed by atoms with van der Waals surface area (Å²) in [6, 6.07) is 8.51. The molecule has 0 atom stereocenters. The highest BCUT2D eigenvalue weighted by molar-refractivity contribution is 7.99. The molecule has 2 aromatic heterocycles. The number of H-pyrrole nitrogens is 1. The number of thiophene rings is 1. The van der Waals surface area contributed by atoms with Crippen molar-refractivity contribution >= 4 is 34.1 Å². The van der Waals surface area contributed by atoms with Crippen LogP contribution in [0.1, 0.15) is 11.1 Å². The van der Waals surface area contributed by atoms with Crippen LogP contribution in [0.4, 0.5) is 0 Å². The third-order valence-corrected chi connectivity index (χ3v) is 4.91. The van der Waals surface area contributed by atoms with Crippen LogP contribution in [0.3, 0.4) is 0 Å². The Balaban J connectivity index is 1.40. The van der Waals surface area contributed by atoms with E-state index in [2.05, 4.69) is 57.2 Å². The van der Waals surface area contributed by atoms with Gasteiger partial charge >= 0.3 is 0 Å². The van der Waals surface area contributed by atoms with Crippen LogP contribution in [0.15, 0.2) is 40.2 Å². The van der Waals surface area contributed by atoms with E-state index in [4.69, 9.17) is 0 Å². The Kier molecular flexibility index (Phi) is 4.95. The van der Waals surface area contributed by atoms with Crippen LogP contribution in [-0.2, 0) is 6.42 Å². The first-order valence-electron chi connectivity index (χ1n) is 7.12. The van der Waals surface area contributed by atoms with Gasteiger partial charge in [0.25, 0.3) is 0 Å². The maximum Gasteiger partial charge on any atom is 0.166 e. The van der Waals surface area contributed by atoms with Gasteiger partial charge in [0.2, 0.25) is 0 Å². The second kappa shape index (κ2) is 7.11. The zero-order valence-electron chi connectivity index (χ0n) is 12.1. The van der Waals surface area contributed by atoms with Crippen LogP contribution >= 0.6 is 23.1 Å². The van der Waals surface area contributed by atoms with Gasteiger partial charge in [0.15, 0.2) is 5.16 Å². The summed E-state index contributed by atoms with van der Waals surface area (Å²) in [7, 11) is 0. The number of imidazole rings is 1. The summed E-state index contributed by atoms with van der Waals surface area (Å²) < 4.78 is 0. The first-order chi connectivity index (χ1) is 10.3. The van der Waals surface area contributed by atoms with Crippen molar-refractivity contribution in [3.8, 4) is 0 Å². The van der Waals surface area contributed by atoms with E-state index in [0.717, 1.165) is 41.5 Å². The van der Waals surface area contributed by atoms with E-state index in [1.165, 1.54) is 11.1 Å². The maximum atomic E-state index is 4.59. The number of aromatic amines is 1. The fourth-order valence-electron chi connectivity index (χ4n) is 2.18. The summed E-state index contributed by atoms with van der Waals surface area (Å²) in [4.78, 5) is 7.97. The third kappa shape index (κ3) is 4.09. The number of thioether (sulfide) groups is 1. The summed E-state index contributed by atoms with van der Waals surface area (Å²) in [5, 5.41) is 8.84. The number of rotatable bonds is 7. The highest BCUT2D eigenvalue weighted by Crippen LogP contribution is 2.19. The van der Waals surface area contributed by atoms with E-state index in [0.29, 0.717) is 0 Å². The van der Waals surface area contributed by atoms with Crippen LogP contribution < -0.4 is 5.32 Å². The molecule has 0 aliphatic carbocycles. The zero-order valence-corrected chi connectivity index (χ0v) is 13.7. The molecule has 0 radical (unpaired) electrons. The van der Waals surface area contributed by atoms with Crippen molar-refractivity contribution in [2.75, 3.05) is 18.8 Å². The molecule has 0 amide bonds. The summed E-state index contributed by atoms with van der Waals surface area (Å²) in [6.07, 6.45) is 1.11. The minimum Gasteiger partial charge on any atom is -0.333 e. The lowest BCUT2D eigenvalue weighted by atomic mass is 10.2. The van der Waals surface area contributed by atoms with Gasteiger partial charge < -0.3 is 10.3 Å². The molecule has 1 aromatic carbocycles. The monoisotopic (exact) mass is 317 g/mol. The van der Waals surface area contributed by atoms with Gasteiger partial charge in [-0.15, -0.1) is 0 Å². The van der Waals surface area contributed by atoms with Gasteiger partial charge in [0, 0.05) is 12.3 Å². The third-order valence-electron chi connectivity index (χ3n) is 3.30. The Morgan fingerprint density at radius 2 is 2.24 bits per heavy atom. The standard InChI is InChI=1S/C16H19N3S2/c1-12-2-3-14-15(10-12)19-16(18-14)21-9-7-17-6-4-13-5-8-20-11-13/h2-3,5,8,10-11,17H,4,6-7,9H2,1H3,(H,18,19). The fourth-order valence-corrected chi connectivity index (χ4v) is 3.67. The van der Waals surface area contributed by atoms with Crippen LogP contribution in [-0.4, -0.2) is 28.8 Å². The summed E-state index contributed by atoms with van der Waals surface area (Å²) in [6.45, 7) is 4.14. The number of aryl methyl sites for hydroxylation is 1. The largest absolute Gasteiger partial charge is 0.333 e. The molecule has 0 saturated carbocycles. The number of hydrogen-bond donors (Lipinski definition) is 2. The van der Waals surface area contributed by atoms with Crippen molar-refractivity contribution in [3.63, 3.8) is 0 Å². The molecule has 2 N–H and O–H groups in total. The molecule has 21 heavy (non-hydrogen) atoms. The molecule has 0 spiro atoms. The van der Waals surface area contributed by atoms with E-state index in [-0.39, 0.29) is 0 Å². The molecule has 110 valence electrons. The van der Waals surface area contributed by atoms with E-state index in [1.54, 1.807) is 23.1 Å². The van der Waals surface area contributed by atoms with Crippen LogP contribution in [0.5, 0.6) is 0 Å². The van der Waals surface area contributed by atoms with Crippen LogP contribution in [0.25, 0.3) is 11.0 Å². The summed E-state index contributed by atoms with van der Waals surface area (Å²) in [5.74, 6) is 1.03. The predicted octanol–water partition coefficient (Wildman–Crippen LogP) is 3.86. The molecule has 2 heterocycles. The first kappa shape index (κ1) is 14.6. The molecule has 3 aromatic rings. The van der Waals surface area contributed by atoms with E-state index in [1.807, 2.05) is 0 Å². The van der Waals surface area contributed by atoms with Gasteiger partial charge in [-0.3, -0.25) is 0 Å². The number of nitrogens with one attached hydrogen (secondary N) is 2. The highest BCUT2D eigenvalue weighted by Gasteiger charge is 2.03. The Hall–Kier alpha value is -1.30. The zero-order chi connectivity index (χ0) is 14.5. The van der Waals surface area contributed by atoms with Gasteiger partial charge in [-0.1, -0.05) is 17.8 Å². The van der Waals surface area contributed by atoms with Gasteiger partial charge in [-0.25, -0.2) is 4.98 Å². The van der Waals surface area contributed by atoms with Crippen molar-refractivity contribution in [1.29, 1.82) is 0 Å². The Bertz CT molecular complexity index is 689. The molecule has 3 rings (SSSR count). The molecule has 3 nitrogen and oxygen atoms in total.